The monoisotopic (exact) mass is 576 g/mol. The third kappa shape index (κ3) is 4.89. The zero-order valence-electron chi connectivity index (χ0n) is 23.9. The molecular formula is C33H40N2O5S. The summed E-state index contributed by atoms with van der Waals surface area (Å²) in [7, 11) is 0. The largest absolute Gasteiger partial charge is 0.465 e. The zero-order chi connectivity index (χ0) is 29.3. The minimum absolute atomic E-state index is 0.0233. The molecule has 3 unspecified atom stereocenters. The van der Waals surface area contributed by atoms with Crippen molar-refractivity contribution >= 4 is 46.0 Å². The molecule has 1 N–H and O–H groups in total. The summed E-state index contributed by atoms with van der Waals surface area (Å²) < 4.78 is 4.93. The second-order valence-electron chi connectivity index (χ2n) is 11.6. The Kier molecular flexibility index (Phi) is 8.62. The van der Waals surface area contributed by atoms with Gasteiger partial charge in [-0.05, 0) is 61.4 Å². The van der Waals surface area contributed by atoms with E-state index in [9.17, 15) is 19.5 Å². The maximum Gasteiger partial charge on any atom is 0.310 e. The average Bonchev–Trinajstić information content (AvgIpc) is 3.58. The van der Waals surface area contributed by atoms with Crippen molar-refractivity contribution in [3.8, 4) is 0 Å². The van der Waals surface area contributed by atoms with E-state index in [2.05, 4.69) is 20.1 Å². The summed E-state index contributed by atoms with van der Waals surface area (Å²) in [6, 6.07) is 12.5. The Morgan fingerprint density at radius 2 is 1.95 bits per heavy atom. The molecule has 2 bridgehead atoms. The van der Waals surface area contributed by atoms with Crippen molar-refractivity contribution in [1.29, 1.82) is 0 Å². The molecule has 0 radical (unpaired) electrons. The first-order chi connectivity index (χ1) is 19.8. The summed E-state index contributed by atoms with van der Waals surface area (Å²) in [5, 5.41) is 12.2. The van der Waals surface area contributed by atoms with Gasteiger partial charge in [0.05, 0.1) is 35.8 Å². The van der Waals surface area contributed by atoms with E-state index in [0.717, 1.165) is 42.1 Å². The van der Waals surface area contributed by atoms with Crippen LogP contribution in [0.5, 0.6) is 0 Å². The van der Waals surface area contributed by atoms with Gasteiger partial charge in [0.2, 0.25) is 5.91 Å². The Labute approximate surface area is 246 Å². The van der Waals surface area contributed by atoms with E-state index in [1.165, 1.54) is 0 Å². The van der Waals surface area contributed by atoms with Gasteiger partial charge in [0.15, 0.2) is 0 Å². The Bertz CT molecular complexity index is 1350. The summed E-state index contributed by atoms with van der Waals surface area (Å²) >= 11 is 1.61. The highest BCUT2D eigenvalue weighted by molar-refractivity contribution is 8.02. The lowest BCUT2D eigenvalue weighted by Gasteiger charge is -2.41. The molecule has 2 aromatic rings. The predicted octanol–water partition coefficient (Wildman–Crippen LogP) is 4.98. The zero-order valence-corrected chi connectivity index (χ0v) is 24.7. The standard InChI is InChI=1S/C33H40N2O5S/c1-5-7-8-11-17-40-32(39)27-26-18-21(3)33(41-26)28(27)30(37)35(22(4)20-36)29(33)31(38)34(16-6-2)25-15-14-23-12-9-10-13-24(23)19-25/h5-6,9-10,12-15,19,21-22,26-29,36H,1-2,7-8,11,16-18,20H2,3-4H3/t21?,22-,26+,27-,28+,29?,33?/m1/s1. The van der Waals surface area contributed by atoms with Crippen molar-refractivity contribution in [2.24, 2.45) is 17.8 Å². The van der Waals surface area contributed by atoms with Gasteiger partial charge in [-0.2, -0.15) is 0 Å². The number of fused-ring (bicyclic) bond motifs is 2. The fraction of sp³-hybridized carbons (Fsp3) is 0.485. The van der Waals surface area contributed by atoms with Gasteiger partial charge in [0, 0.05) is 17.5 Å². The van der Waals surface area contributed by atoms with Gasteiger partial charge in [-0.15, -0.1) is 24.9 Å². The number of nitrogens with zero attached hydrogens (tertiary/aromatic N) is 2. The van der Waals surface area contributed by atoms with E-state index in [-0.39, 0.29) is 42.1 Å². The quantitative estimate of drug-likeness (QED) is 0.218. The number of aliphatic hydroxyl groups excluding tert-OH is 1. The van der Waals surface area contributed by atoms with Gasteiger partial charge < -0.3 is 19.6 Å². The highest BCUT2D eigenvalue weighted by Crippen LogP contribution is 2.69. The smallest absolute Gasteiger partial charge is 0.310 e. The first-order valence-corrected chi connectivity index (χ1v) is 15.5. The number of unbranched alkanes of at least 4 members (excludes halogenated alkanes) is 2. The molecule has 1 spiro atoms. The van der Waals surface area contributed by atoms with Gasteiger partial charge in [-0.1, -0.05) is 49.4 Å². The number of allylic oxidation sites excluding steroid dienone is 1. The average molecular weight is 577 g/mol. The maximum atomic E-state index is 14.7. The van der Waals surface area contributed by atoms with Crippen LogP contribution in [0.25, 0.3) is 10.8 Å². The molecule has 2 amide bonds. The Morgan fingerprint density at radius 1 is 1.20 bits per heavy atom. The molecule has 41 heavy (non-hydrogen) atoms. The molecule has 2 aromatic carbocycles. The molecule has 3 heterocycles. The summed E-state index contributed by atoms with van der Waals surface area (Å²) in [4.78, 5) is 45.7. The van der Waals surface area contributed by atoms with Crippen LogP contribution in [-0.2, 0) is 19.1 Å². The number of carbonyl (C=O) groups is 3. The van der Waals surface area contributed by atoms with Crippen LogP contribution < -0.4 is 4.90 Å². The van der Waals surface area contributed by atoms with Gasteiger partial charge in [0.25, 0.3) is 5.91 Å². The number of hydrogen-bond acceptors (Lipinski definition) is 6. The fourth-order valence-corrected chi connectivity index (χ4v) is 9.56. The van der Waals surface area contributed by atoms with E-state index in [4.69, 9.17) is 4.74 Å². The number of anilines is 1. The van der Waals surface area contributed by atoms with Crippen molar-refractivity contribution in [1.82, 2.24) is 4.90 Å². The second kappa shape index (κ2) is 12.0. The van der Waals surface area contributed by atoms with Crippen molar-refractivity contribution in [3.63, 3.8) is 0 Å². The third-order valence-corrected chi connectivity index (χ3v) is 11.2. The SMILES string of the molecule is C=CCCCCOC(=O)[C@@H]1[C@@H]2CC(C)C3(S2)C(C(=O)N(CC=C)c2ccc4ccccc4c2)N([C@H](C)CO)C(=O)[C@H]13. The van der Waals surface area contributed by atoms with E-state index in [0.29, 0.717) is 6.61 Å². The van der Waals surface area contributed by atoms with Crippen LogP contribution in [0.4, 0.5) is 5.69 Å². The summed E-state index contributed by atoms with van der Waals surface area (Å²) in [6.45, 7) is 11.8. The highest BCUT2D eigenvalue weighted by Gasteiger charge is 2.77. The maximum absolute atomic E-state index is 14.7. The fourth-order valence-electron chi connectivity index (χ4n) is 7.17. The number of benzene rings is 2. The number of rotatable bonds is 12. The third-order valence-electron chi connectivity index (χ3n) is 9.10. The van der Waals surface area contributed by atoms with Gasteiger partial charge in [-0.3, -0.25) is 14.4 Å². The number of thioether (sulfide) groups is 1. The van der Waals surface area contributed by atoms with Crippen molar-refractivity contribution < 1.29 is 24.2 Å². The summed E-state index contributed by atoms with van der Waals surface area (Å²) in [5.41, 5.74) is 0.721. The number of ether oxygens (including phenoxy) is 1. The Balaban J connectivity index is 1.52. The van der Waals surface area contributed by atoms with E-state index < -0.39 is 28.7 Å². The topological polar surface area (TPSA) is 87.2 Å². The summed E-state index contributed by atoms with van der Waals surface area (Å²) in [5.74, 6) is -2.06. The van der Waals surface area contributed by atoms with E-state index >= 15 is 0 Å². The lowest BCUT2D eigenvalue weighted by atomic mass is 9.66. The van der Waals surface area contributed by atoms with Crippen molar-refractivity contribution in [2.45, 2.75) is 61.6 Å². The minimum atomic E-state index is -0.830. The highest BCUT2D eigenvalue weighted by atomic mass is 32.2. The van der Waals surface area contributed by atoms with Gasteiger partial charge >= 0.3 is 5.97 Å². The van der Waals surface area contributed by atoms with Crippen molar-refractivity contribution in [3.05, 3.63) is 67.8 Å². The first-order valence-electron chi connectivity index (χ1n) is 14.6. The molecule has 218 valence electrons. The van der Waals surface area contributed by atoms with Crippen LogP contribution in [0, 0.1) is 17.8 Å². The van der Waals surface area contributed by atoms with Crippen LogP contribution in [0.3, 0.4) is 0 Å². The first kappa shape index (κ1) is 29.4. The van der Waals surface area contributed by atoms with Gasteiger partial charge in [-0.25, -0.2) is 0 Å². The molecule has 5 rings (SSSR count). The molecule has 0 saturated carbocycles. The number of amides is 2. The van der Waals surface area contributed by atoms with E-state index in [1.807, 2.05) is 48.5 Å². The van der Waals surface area contributed by atoms with Crippen LogP contribution in [0.1, 0.15) is 39.5 Å². The van der Waals surface area contributed by atoms with Crippen LogP contribution >= 0.6 is 11.8 Å². The predicted molar refractivity (Wildman–Crippen MR) is 164 cm³/mol. The normalized spacial score (nSPS) is 28.9. The van der Waals surface area contributed by atoms with E-state index in [1.54, 1.807) is 34.6 Å². The number of hydrogen-bond donors (Lipinski definition) is 1. The van der Waals surface area contributed by atoms with Gasteiger partial charge in [0.1, 0.15) is 6.04 Å². The Morgan fingerprint density at radius 3 is 2.66 bits per heavy atom. The summed E-state index contributed by atoms with van der Waals surface area (Å²) in [6.07, 6.45) is 6.74. The Hall–Kier alpha value is -3.10. The molecule has 0 aromatic heterocycles. The molecule has 0 aliphatic carbocycles. The molecule has 7 atom stereocenters. The molecular weight excluding hydrogens is 536 g/mol. The molecule has 3 aliphatic rings. The lowest BCUT2D eigenvalue weighted by molar-refractivity contribution is -0.155. The number of aliphatic hydroxyl groups is 1. The number of likely N-dealkylation sites (tertiary alicyclic amines) is 1. The van der Waals surface area contributed by atoms with Crippen LogP contribution in [0.15, 0.2) is 67.8 Å². The molecule has 7 nitrogen and oxygen atoms in total. The lowest BCUT2D eigenvalue weighted by Crippen LogP contribution is -2.59. The second-order valence-corrected chi connectivity index (χ2v) is 13.1. The molecule has 3 aliphatic heterocycles. The minimum Gasteiger partial charge on any atom is -0.465 e. The van der Waals surface area contributed by atoms with Crippen molar-refractivity contribution in [2.75, 3.05) is 24.7 Å². The molecule has 3 fully saturated rings. The number of esters is 1. The van der Waals surface area contributed by atoms with Crippen LogP contribution in [0.2, 0.25) is 0 Å². The number of carbonyl (C=O) groups excluding carboxylic acids is 3. The molecule has 3 saturated heterocycles. The van der Waals surface area contributed by atoms with Crippen LogP contribution in [-0.4, -0.2) is 69.6 Å². The molecule has 8 heteroatoms.